The molecule has 6 nitrogen and oxygen atoms in total. The van der Waals surface area contributed by atoms with Crippen molar-refractivity contribution < 1.29 is 14.3 Å². The van der Waals surface area contributed by atoms with Crippen LogP contribution in [0.2, 0.25) is 10.0 Å². The number of hydrogen-bond acceptors (Lipinski definition) is 4. The second kappa shape index (κ2) is 9.57. The molecule has 1 aromatic carbocycles. The molecule has 21 heavy (non-hydrogen) atoms. The van der Waals surface area contributed by atoms with Crippen LogP contribution >= 0.6 is 23.2 Å². The summed E-state index contributed by atoms with van der Waals surface area (Å²) in [5, 5.41) is 8.76. The molecule has 3 N–H and O–H groups in total. The van der Waals surface area contributed by atoms with Crippen LogP contribution in [0.25, 0.3) is 0 Å². The van der Waals surface area contributed by atoms with Gasteiger partial charge in [0, 0.05) is 18.7 Å². The van der Waals surface area contributed by atoms with Gasteiger partial charge >= 0.3 is 0 Å². The third kappa shape index (κ3) is 7.29. The summed E-state index contributed by atoms with van der Waals surface area (Å²) in [5.41, 5.74) is 0.404. The highest BCUT2D eigenvalue weighted by Crippen LogP contribution is 2.25. The molecule has 0 aliphatic rings. The van der Waals surface area contributed by atoms with Crippen molar-refractivity contribution in [3.05, 3.63) is 28.2 Å². The lowest BCUT2D eigenvalue weighted by Crippen LogP contribution is -2.39. The van der Waals surface area contributed by atoms with Crippen LogP contribution in [-0.2, 0) is 14.3 Å². The van der Waals surface area contributed by atoms with E-state index in [1.54, 1.807) is 19.2 Å². The lowest BCUT2D eigenvalue weighted by molar-refractivity contribution is -0.123. The van der Waals surface area contributed by atoms with E-state index in [4.69, 9.17) is 27.9 Å². The lowest BCUT2D eigenvalue weighted by Gasteiger charge is -2.09. The van der Waals surface area contributed by atoms with E-state index in [2.05, 4.69) is 16.0 Å². The molecule has 0 spiro atoms. The topological polar surface area (TPSA) is 79.5 Å². The number of carbonyl (C=O) groups excluding carboxylic acids is 2. The Labute approximate surface area is 133 Å². The summed E-state index contributed by atoms with van der Waals surface area (Å²) in [6.07, 6.45) is 0. The van der Waals surface area contributed by atoms with E-state index in [1.165, 1.54) is 6.07 Å². The molecule has 0 radical (unpaired) electrons. The minimum atomic E-state index is -0.385. The smallest absolute Gasteiger partial charge is 0.243 e. The largest absolute Gasteiger partial charge is 0.383 e. The van der Waals surface area contributed by atoms with Crippen LogP contribution < -0.4 is 16.0 Å². The van der Waals surface area contributed by atoms with Gasteiger partial charge in [0.15, 0.2) is 0 Å². The van der Waals surface area contributed by atoms with Gasteiger partial charge in [-0.25, -0.2) is 0 Å². The monoisotopic (exact) mass is 333 g/mol. The van der Waals surface area contributed by atoms with Crippen LogP contribution in [0.15, 0.2) is 18.2 Å². The van der Waals surface area contributed by atoms with E-state index >= 15 is 0 Å². The molecule has 0 heterocycles. The van der Waals surface area contributed by atoms with Gasteiger partial charge in [0.1, 0.15) is 0 Å². The quantitative estimate of drug-likeness (QED) is 0.626. The first-order valence-electron chi connectivity index (χ1n) is 6.24. The van der Waals surface area contributed by atoms with E-state index in [0.717, 1.165) is 0 Å². The molecule has 0 saturated heterocycles. The number of amides is 2. The van der Waals surface area contributed by atoms with Crippen LogP contribution in [0.5, 0.6) is 0 Å². The number of rotatable bonds is 8. The molecule has 0 aliphatic carbocycles. The minimum absolute atomic E-state index is 0.120. The molecule has 1 aromatic rings. The van der Waals surface area contributed by atoms with Gasteiger partial charge in [-0.15, -0.1) is 0 Å². The zero-order chi connectivity index (χ0) is 15.7. The molecule has 0 atom stereocenters. The highest BCUT2D eigenvalue weighted by Gasteiger charge is 2.08. The fourth-order valence-electron chi connectivity index (χ4n) is 1.41. The summed E-state index contributed by atoms with van der Waals surface area (Å²) in [6, 6.07) is 4.74. The normalized spacial score (nSPS) is 10.2. The Balaban J connectivity index is 2.30. The van der Waals surface area contributed by atoms with Gasteiger partial charge in [-0.05, 0) is 18.2 Å². The van der Waals surface area contributed by atoms with E-state index in [-0.39, 0.29) is 24.9 Å². The minimum Gasteiger partial charge on any atom is -0.383 e. The number of benzene rings is 1. The zero-order valence-corrected chi connectivity index (χ0v) is 13.1. The van der Waals surface area contributed by atoms with Gasteiger partial charge in [0.25, 0.3) is 0 Å². The maximum atomic E-state index is 11.7. The summed E-state index contributed by atoms with van der Waals surface area (Å²) in [6.45, 7) is 1.05. The van der Waals surface area contributed by atoms with E-state index < -0.39 is 0 Å². The summed E-state index contributed by atoms with van der Waals surface area (Å²) < 4.78 is 4.83. The van der Waals surface area contributed by atoms with Crippen molar-refractivity contribution in [1.29, 1.82) is 0 Å². The number of hydrogen-bond donors (Lipinski definition) is 3. The van der Waals surface area contributed by atoms with Gasteiger partial charge in [-0.3, -0.25) is 9.59 Å². The molecule has 0 aromatic heterocycles. The maximum absolute atomic E-state index is 11.7. The summed E-state index contributed by atoms with van der Waals surface area (Å²) in [5.74, 6) is -0.664. The number of carbonyl (C=O) groups is 2. The average molecular weight is 334 g/mol. The summed E-state index contributed by atoms with van der Waals surface area (Å²) >= 11 is 11.7. The van der Waals surface area contributed by atoms with Crippen molar-refractivity contribution in [3.63, 3.8) is 0 Å². The highest BCUT2D eigenvalue weighted by atomic mass is 35.5. The van der Waals surface area contributed by atoms with Gasteiger partial charge in [-0.2, -0.15) is 0 Å². The van der Waals surface area contributed by atoms with Crippen LogP contribution in [0.1, 0.15) is 0 Å². The molecule has 0 bridgehead atoms. The van der Waals surface area contributed by atoms with Gasteiger partial charge < -0.3 is 20.7 Å². The number of anilines is 1. The van der Waals surface area contributed by atoms with Gasteiger partial charge in [0.05, 0.1) is 30.4 Å². The zero-order valence-electron chi connectivity index (χ0n) is 11.5. The Morgan fingerprint density at radius 3 is 2.67 bits per heavy atom. The first kappa shape index (κ1) is 17.7. The maximum Gasteiger partial charge on any atom is 0.243 e. The molecule has 8 heteroatoms. The molecule has 0 saturated carbocycles. The van der Waals surface area contributed by atoms with E-state index in [9.17, 15) is 9.59 Å². The second-order valence-electron chi connectivity index (χ2n) is 4.12. The van der Waals surface area contributed by atoms with E-state index in [0.29, 0.717) is 28.9 Å². The van der Waals surface area contributed by atoms with Crippen molar-refractivity contribution >= 4 is 40.7 Å². The molecule has 2 amide bonds. The van der Waals surface area contributed by atoms with Crippen LogP contribution in [0, 0.1) is 0 Å². The summed E-state index contributed by atoms with van der Waals surface area (Å²) in [4.78, 5) is 23.1. The van der Waals surface area contributed by atoms with Gasteiger partial charge in [-0.1, -0.05) is 23.2 Å². The van der Waals surface area contributed by atoms with Crippen LogP contribution in [0.3, 0.4) is 0 Å². The SMILES string of the molecule is COCCNCC(=O)NCC(=O)Nc1cc(Cl)ccc1Cl. The third-order valence-corrected chi connectivity index (χ3v) is 2.98. The lowest BCUT2D eigenvalue weighted by atomic mass is 10.3. The Morgan fingerprint density at radius 2 is 1.95 bits per heavy atom. The summed E-state index contributed by atoms with van der Waals surface area (Å²) in [7, 11) is 1.58. The first-order chi connectivity index (χ1) is 10.0. The molecular weight excluding hydrogens is 317 g/mol. The number of methoxy groups -OCH3 is 1. The van der Waals surface area contributed by atoms with Crippen LogP contribution in [0.4, 0.5) is 5.69 Å². The van der Waals surface area contributed by atoms with Crippen molar-refractivity contribution in [2.75, 3.05) is 38.7 Å². The number of nitrogens with one attached hydrogen (secondary N) is 3. The number of halogens is 2. The van der Waals surface area contributed by atoms with Crippen LogP contribution in [-0.4, -0.2) is 45.2 Å². The van der Waals surface area contributed by atoms with Crippen molar-refractivity contribution in [2.24, 2.45) is 0 Å². The third-order valence-electron chi connectivity index (χ3n) is 2.42. The average Bonchev–Trinajstić information content (AvgIpc) is 2.45. The fourth-order valence-corrected chi connectivity index (χ4v) is 1.74. The molecule has 1 rings (SSSR count). The van der Waals surface area contributed by atoms with Crippen molar-refractivity contribution in [1.82, 2.24) is 10.6 Å². The van der Waals surface area contributed by atoms with Gasteiger partial charge in [0.2, 0.25) is 11.8 Å². The Hall–Kier alpha value is -1.34. The predicted octanol–water partition coefficient (Wildman–Crippen LogP) is 1.28. The molecule has 116 valence electrons. The Morgan fingerprint density at radius 1 is 1.19 bits per heavy atom. The standard InChI is InChI=1S/C13H17Cl2N3O3/c1-21-5-4-16-7-12(19)17-8-13(20)18-11-6-9(14)2-3-10(11)15/h2-3,6,16H,4-5,7-8H2,1H3,(H,17,19)(H,18,20). The molecular formula is C13H17Cl2N3O3. The Kier molecular flexibility index (Phi) is 8.07. The van der Waals surface area contributed by atoms with E-state index in [1.807, 2.05) is 0 Å². The van der Waals surface area contributed by atoms with Crippen molar-refractivity contribution in [2.45, 2.75) is 0 Å². The highest BCUT2D eigenvalue weighted by molar-refractivity contribution is 6.35. The predicted molar refractivity (Wildman–Crippen MR) is 82.8 cm³/mol. The van der Waals surface area contributed by atoms with Crippen molar-refractivity contribution in [3.8, 4) is 0 Å². The Bertz CT molecular complexity index is 498. The molecule has 0 fully saturated rings. The first-order valence-corrected chi connectivity index (χ1v) is 6.99. The fraction of sp³-hybridized carbons (Fsp3) is 0.385. The molecule has 0 aliphatic heterocycles. The number of ether oxygens (including phenoxy) is 1. The second-order valence-corrected chi connectivity index (χ2v) is 4.96. The molecule has 0 unspecified atom stereocenters.